The summed E-state index contributed by atoms with van der Waals surface area (Å²) in [5.74, 6) is 2.66. The molecule has 5 heteroatoms. The number of hydrogen-bond donors (Lipinski definition) is 0. The highest BCUT2D eigenvalue weighted by molar-refractivity contribution is 5.47. The highest BCUT2D eigenvalue weighted by atomic mass is 16.5. The molecule has 1 fully saturated rings. The van der Waals surface area contributed by atoms with Gasteiger partial charge >= 0.3 is 0 Å². The van der Waals surface area contributed by atoms with E-state index in [1.165, 1.54) is 11.1 Å². The van der Waals surface area contributed by atoms with Gasteiger partial charge in [0.25, 0.3) is 0 Å². The van der Waals surface area contributed by atoms with E-state index >= 15 is 0 Å². The molecule has 1 saturated heterocycles. The molecule has 1 aromatic carbocycles. The fourth-order valence-electron chi connectivity index (χ4n) is 3.11. The summed E-state index contributed by atoms with van der Waals surface area (Å²) >= 11 is 0. The lowest BCUT2D eigenvalue weighted by Gasteiger charge is -2.35. The summed E-state index contributed by atoms with van der Waals surface area (Å²) < 4.78 is 10.8. The van der Waals surface area contributed by atoms with E-state index in [2.05, 4.69) is 39.9 Å². The van der Waals surface area contributed by atoms with Crippen molar-refractivity contribution in [1.29, 1.82) is 0 Å². The predicted octanol–water partition coefficient (Wildman–Crippen LogP) is 2.73. The molecule has 0 N–H and O–H groups in total. The Morgan fingerprint density at radius 2 is 1.71 bits per heavy atom. The average molecular weight is 327 g/mol. The van der Waals surface area contributed by atoms with Crippen LogP contribution < -0.4 is 14.4 Å². The summed E-state index contributed by atoms with van der Waals surface area (Å²) in [5.41, 5.74) is 2.53. The number of piperazine rings is 1. The van der Waals surface area contributed by atoms with E-state index in [-0.39, 0.29) is 0 Å². The van der Waals surface area contributed by atoms with E-state index in [0.717, 1.165) is 50.0 Å². The summed E-state index contributed by atoms with van der Waals surface area (Å²) in [6.07, 6.45) is 1.86. The van der Waals surface area contributed by atoms with Crippen molar-refractivity contribution in [2.45, 2.75) is 13.5 Å². The second-order valence-electron chi connectivity index (χ2n) is 6.08. The number of ether oxygens (including phenoxy) is 2. The Morgan fingerprint density at radius 3 is 2.33 bits per heavy atom. The zero-order valence-electron chi connectivity index (χ0n) is 14.7. The van der Waals surface area contributed by atoms with Gasteiger partial charge in [0, 0.05) is 38.9 Å². The topological polar surface area (TPSA) is 37.8 Å². The fraction of sp³-hybridized carbons (Fsp3) is 0.421. The first-order valence-electron chi connectivity index (χ1n) is 8.31. The Balaban J connectivity index is 1.64. The molecule has 1 aliphatic rings. The summed E-state index contributed by atoms with van der Waals surface area (Å²) in [4.78, 5) is 9.27. The van der Waals surface area contributed by atoms with Gasteiger partial charge in [-0.1, -0.05) is 6.07 Å². The molecule has 24 heavy (non-hydrogen) atoms. The van der Waals surface area contributed by atoms with Crippen LogP contribution in [0.4, 0.5) is 5.82 Å². The quantitative estimate of drug-likeness (QED) is 0.844. The molecule has 5 nitrogen and oxygen atoms in total. The normalized spacial score (nSPS) is 15.4. The number of anilines is 1. The van der Waals surface area contributed by atoms with Crippen LogP contribution in [0, 0.1) is 6.92 Å². The summed E-state index contributed by atoms with van der Waals surface area (Å²) in [6.45, 7) is 7.13. The van der Waals surface area contributed by atoms with Gasteiger partial charge in [-0.15, -0.1) is 0 Å². The molecule has 0 aliphatic carbocycles. The molecule has 1 aliphatic heterocycles. The van der Waals surface area contributed by atoms with Crippen LogP contribution in [0.15, 0.2) is 36.5 Å². The standard InChI is InChI=1S/C19H25N3O2/c1-15-12-17(23-2)18(24-3)13-16(15)14-21-8-10-22(11-9-21)19-6-4-5-7-20-19/h4-7,12-13H,8-11,14H2,1-3H3. The van der Waals surface area contributed by atoms with Crippen LogP contribution in [0.5, 0.6) is 11.5 Å². The van der Waals surface area contributed by atoms with Gasteiger partial charge in [0.2, 0.25) is 0 Å². The van der Waals surface area contributed by atoms with E-state index in [9.17, 15) is 0 Å². The van der Waals surface area contributed by atoms with E-state index in [1.54, 1.807) is 14.2 Å². The van der Waals surface area contributed by atoms with E-state index in [0.29, 0.717) is 0 Å². The van der Waals surface area contributed by atoms with Crippen LogP contribution >= 0.6 is 0 Å². The SMILES string of the molecule is COc1cc(C)c(CN2CCN(c3ccccn3)CC2)cc1OC. The lowest BCUT2D eigenvalue weighted by molar-refractivity contribution is 0.248. The van der Waals surface area contributed by atoms with E-state index in [4.69, 9.17) is 9.47 Å². The van der Waals surface area contributed by atoms with Crippen molar-refractivity contribution in [3.05, 3.63) is 47.7 Å². The number of methoxy groups -OCH3 is 2. The highest BCUT2D eigenvalue weighted by Crippen LogP contribution is 2.31. The highest BCUT2D eigenvalue weighted by Gasteiger charge is 2.19. The van der Waals surface area contributed by atoms with E-state index in [1.807, 2.05) is 18.3 Å². The van der Waals surface area contributed by atoms with Crippen LogP contribution in [0.25, 0.3) is 0 Å². The number of rotatable bonds is 5. The number of pyridine rings is 1. The van der Waals surface area contributed by atoms with Gasteiger partial charge in [-0.25, -0.2) is 4.98 Å². The summed E-state index contributed by atoms with van der Waals surface area (Å²) in [7, 11) is 3.36. The molecule has 0 saturated carbocycles. The molecule has 0 spiro atoms. The zero-order chi connectivity index (χ0) is 16.9. The first-order valence-corrected chi connectivity index (χ1v) is 8.31. The Morgan fingerprint density at radius 1 is 1.00 bits per heavy atom. The molecule has 0 amide bonds. The number of nitrogens with zero attached hydrogens (tertiary/aromatic N) is 3. The maximum Gasteiger partial charge on any atom is 0.161 e. The molecule has 3 rings (SSSR count). The van der Waals surface area contributed by atoms with Gasteiger partial charge in [-0.3, -0.25) is 4.90 Å². The van der Waals surface area contributed by atoms with Crippen LogP contribution in [-0.2, 0) is 6.54 Å². The maximum absolute atomic E-state index is 5.44. The van der Waals surface area contributed by atoms with Crippen molar-refractivity contribution in [3.8, 4) is 11.5 Å². The second-order valence-corrected chi connectivity index (χ2v) is 6.08. The average Bonchev–Trinajstić information content (AvgIpc) is 2.64. The van der Waals surface area contributed by atoms with Gasteiger partial charge in [0.05, 0.1) is 14.2 Å². The third-order valence-electron chi connectivity index (χ3n) is 4.58. The summed E-state index contributed by atoms with van der Waals surface area (Å²) in [5, 5.41) is 0. The minimum Gasteiger partial charge on any atom is -0.493 e. The van der Waals surface area contributed by atoms with Gasteiger partial charge < -0.3 is 14.4 Å². The van der Waals surface area contributed by atoms with Gasteiger partial charge in [-0.2, -0.15) is 0 Å². The van der Waals surface area contributed by atoms with Crippen molar-refractivity contribution in [2.75, 3.05) is 45.3 Å². The minimum atomic E-state index is 0.790. The number of benzene rings is 1. The number of aromatic nitrogens is 1. The van der Waals surface area contributed by atoms with Crippen LogP contribution in [0.3, 0.4) is 0 Å². The Labute approximate surface area is 143 Å². The van der Waals surface area contributed by atoms with Crippen LogP contribution in [0.2, 0.25) is 0 Å². The van der Waals surface area contributed by atoms with Crippen molar-refractivity contribution in [1.82, 2.24) is 9.88 Å². The molecule has 0 bridgehead atoms. The molecular weight excluding hydrogens is 302 g/mol. The Hall–Kier alpha value is -2.27. The van der Waals surface area contributed by atoms with Crippen LogP contribution in [0.1, 0.15) is 11.1 Å². The number of aryl methyl sites for hydroxylation is 1. The van der Waals surface area contributed by atoms with Crippen molar-refractivity contribution < 1.29 is 9.47 Å². The van der Waals surface area contributed by atoms with E-state index < -0.39 is 0 Å². The largest absolute Gasteiger partial charge is 0.493 e. The molecule has 2 aromatic rings. The van der Waals surface area contributed by atoms with Gasteiger partial charge in [0.15, 0.2) is 11.5 Å². The first-order chi connectivity index (χ1) is 11.7. The smallest absolute Gasteiger partial charge is 0.161 e. The fourth-order valence-corrected chi connectivity index (χ4v) is 3.11. The molecule has 1 aromatic heterocycles. The number of hydrogen-bond acceptors (Lipinski definition) is 5. The molecular formula is C19H25N3O2. The van der Waals surface area contributed by atoms with Crippen LogP contribution in [-0.4, -0.2) is 50.3 Å². The third kappa shape index (κ3) is 3.62. The second kappa shape index (κ2) is 7.53. The minimum absolute atomic E-state index is 0.790. The molecule has 128 valence electrons. The van der Waals surface area contributed by atoms with Crippen molar-refractivity contribution in [3.63, 3.8) is 0 Å². The maximum atomic E-state index is 5.44. The molecule has 2 heterocycles. The first kappa shape index (κ1) is 16.6. The lowest BCUT2D eigenvalue weighted by atomic mass is 10.1. The monoisotopic (exact) mass is 327 g/mol. The van der Waals surface area contributed by atoms with Crippen molar-refractivity contribution >= 4 is 5.82 Å². The van der Waals surface area contributed by atoms with Gasteiger partial charge in [0.1, 0.15) is 5.82 Å². The third-order valence-corrected chi connectivity index (χ3v) is 4.58. The molecule has 0 atom stereocenters. The van der Waals surface area contributed by atoms with Gasteiger partial charge in [-0.05, 0) is 42.3 Å². The summed E-state index contributed by atoms with van der Waals surface area (Å²) in [6, 6.07) is 10.2. The lowest BCUT2D eigenvalue weighted by Crippen LogP contribution is -2.46. The Bertz CT molecular complexity index is 668. The zero-order valence-corrected chi connectivity index (χ0v) is 14.7. The molecule has 0 radical (unpaired) electrons. The van der Waals surface area contributed by atoms with Crippen molar-refractivity contribution in [2.24, 2.45) is 0 Å². The molecule has 0 unspecified atom stereocenters. The Kier molecular flexibility index (Phi) is 5.20. The predicted molar refractivity (Wildman–Crippen MR) is 96.0 cm³/mol.